The van der Waals surface area contributed by atoms with Gasteiger partial charge in [0.25, 0.3) is 5.56 Å². The van der Waals surface area contributed by atoms with Crippen molar-refractivity contribution in [2.24, 2.45) is 5.73 Å². The van der Waals surface area contributed by atoms with E-state index < -0.39 is 11.9 Å². The molecular formula is C24H27ClN2O5. The van der Waals surface area contributed by atoms with Gasteiger partial charge >= 0.3 is 5.97 Å². The van der Waals surface area contributed by atoms with E-state index in [-0.39, 0.29) is 23.1 Å². The van der Waals surface area contributed by atoms with Gasteiger partial charge in [0.05, 0.1) is 31.2 Å². The Bertz CT molecular complexity index is 1120. The van der Waals surface area contributed by atoms with Gasteiger partial charge in [-0.25, -0.2) is 4.79 Å². The van der Waals surface area contributed by atoms with Crippen molar-refractivity contribution in [3.05, 3.63) is 74.0 Å². The predicted molar refractivity (Wildman–Crippen MR) is 121 cm³/mol. The minimum absolute atomic E-state index is 0.0229. The van der Waals surface area contributed by atoms with Gasteiger partial charge in [-0.05, 0) is 30.9 Å². The third-order valence-corrected chi connectivity index (χ3v) is 6.33. The van der Waals surface area contributed by atoms with Gasteiger partial charge in [-0.3, -0.25) is 4.79 Å². The van der Waals surface area contributed by atoms with Crippen molar-refractivity contribution in [1.82, 2.24) is 4.57 Å². The normalized spacial score (nSPS) is 20.1. The van der Waals surface area contributed by atoms with E-state index in [4.69, 9.17) is 31.5 Å². The van der Waals surface area contributed by atoms with Crippen LogP contribution in [0.4, 0.5) is 0 Å². The minimum Gasteiger partial charge on any atom is -0.465 e. The number of methoxy groups -OCH3 is 1. The summed E-state index contributed by atoms with van der Waals surface area (Å²) in [4.78, 5) is 26.6. The van der Waals surface area contributed by atoms with E-state index in [1.54, 1.807) is 28.8 Å². The van der Waals surface area contributed by atoms with E-state index in [0.29, 0.717) is 41.5 Å². The average molecular weight is 459 g/mol. The second-order valence-electron chi connectivity index (χ2n) is 8.04. The highest BCUT2D eigenvalue weighted by atomic mass is 35.5. The maximum absolute atomic E-state index is 13.9. The highest BCUT2D eigenvalue weighted by Gasteiger charge is 2.39. The van der Waals surface area contributed by atoms with E-state index in [1.807, 2.05) is 6.07 Å². The molecule has 1 saturated heterocycles. The van der Waals surface area contributed by atoms with Crippen LogP contribution >= 0.6 is 11.6 Å². The van der Waals surface area contributed by atoms with Gasteiger partial charge in [-0.15, -0.1) is 0 Å². The molecule has 0 spiro atoms. The van der Waals surface area contributed by atoms with Gasteiger partial charge in [0, 0.05) is 23.4 Å². The fourth-order valence-corrected chi connectivity index (χ4v) is 4.75. The molecule has 0 bridgehead atoms. The maximum atomic E-state index is 13.9. The number of carbonyl (C=O) groups is 1. The van der Waals surface area contributed by atoms with Gasteiger partial charge < -0.3 is 24.5 Å². The molecule has 0 radical (unpaired) electrons. The summed E-state index contributed by atoms with van der Waals surface area (Å²) in [6.07, 6.45) is 3.41. The lowest BCUT2D eigenvalue weighted by molar-refractivity contribution is -0.136. The molecule has 0 saturated carbocycles. The standard InChI is InChI=1S/C24H27ClN2O5/c1-3-7-14-12-18-20(23(28)27(14)13-15-8-6-11-31-15)19(16-9-4-5-10-17(16)25)21(22(26)32-18)24(29)30-2/h4-5,9-10,12,15,19H,3,6-8,11,13,26H2,1-2H3. The molecule has 2 aliphatic rings. The number of aryl methyl sites for hydroxylation is 1. The zero-order valence-electron chi connectivity index (χ0n) is 18.2. The Hall–Kier alpha value is -2.77. The molecule has 8 heteroatoms. The summed E-state index contributed by atoms with van der Waals surface area (Å²) in [6, 6.07) is 8.93. The fraction of sp³-hybridized carbons (Fsp3) is 0.417. The van der Waals surface area contributed by atoms with Crippen molar-refractivity contribution >= 4 is 17.6 Å². The minimum atomic E-state index is -0.807. The molecule has 2 aliphatic heterocycles. The van der Waals surface area contributed by atoms with Crippen LogP contribution in [0.5, 0.6) is 5.75 Å². The highest BCUT2D eigenvalue weighted by molar-refractivity contribution is 6.31. The van der Waals surface area contributed by atoms with Crippen molar-refractivity contribution in [2.45, 2.75) is 51.2 Å². The van der Waals surface area contributed by atoms with Gasteiger partial charge in [-0.2, -0.15) is 0 Å². The van der Waals surface area contributed by atoms with E-state index >= 15 is 0 Å². The van der Waals surface area contributed by atoms with Crippen LogP contribution in [0, 0.1) is 0 Å². The Balaban J connectivity index is 1.96. The van der Waals surface area contributed by atoms with Crippen molar-refractivity contribution < 1.29 is 19.0 Å². The Morgan fingerprint density at radius 1 is 1.34 bits per heavy atom. The monoisotopic (exact) mass is 458 g/mol. The number of rotatable bonds is 6. The number of pyridine rings is 1. The first kappa shape index (κ1) is 22.4. The molecule has 32 heavy (non-hydrogen) atoms. The topological polar surface area (TPSA) is 92.8 Å². The fourth-order valence-electron chi connectivity index (χ4n) is 4.50. The number of carbonyl (C=O) groups excluding carboxylic acids is 1. The Labute approximate surface area is 191 Å². The third-order valence-electron chi connectivity index (χ3n) is 5.99. The molecule has 2 unspecified atom stereocenters. The molecular weight excluding hydrogens is 432 g/mol. The molecule has 7 nitrogen and oxygen atoms in total. The molecule has 1 fully saturated rings. The van der Waals surface area contributed by atoms with Crippen LogP contribution in [-0.2, 0) is 27.2 Å². The lowest BCUT2D eigenvalue weighted by Gasteiger charge is -2.30. The zero-order chi connectivity index (χ0) is 22.8. The van der Waals surface area contributed by atoms with Crippen LogP contribution < -0.4 is 16.0 Å². The zero-order valence-corrected chi connectivity index (χ0v) is 19.0. The second kappa shape index (κ2) is 9.38. The molecule has 1 aromatic carbocycles. The second-order valence-corrected chi connectivity index (χ2v) is 8.45. The van der Waals surface area contributed by atoms with Crippen LogP contribution in [0.2, 0.25) is 5.02 Å². The smallest absolute Gasteiger partial charge is 0.340 e. The number of esters is 1. The first-order valence-electron chi connectivity index (χ1n) is 10.8. The Kier molecular flexibility index (Phi) is 6.58. The van der Waals surface area contributed by atoms with E-state index in [2.05, 4.69) is 6.92 Å². The number of hydrogen-bond acceptors (Lipinski definition) is 6. The van der Waals surface area contributed by atoms with Crippen LogP contribution in [0.15, 0.2) is 46.6 Å². The molecule has 1 aromatic heterocycles. The lowest BCUT2D eigenvalue weighted by atomic mass is 9.83. The number of hydrogen-bond donors (Lipinski definition) is 1. The van der Waals surface area contributed by atoms with Gasteiger partial charge in [0.15, 0.2) is 0 Å². The number of aromatic nitrogens is 1. The SMILES string of the molecule is CCCc1cc2c(c(=O)n1CC1CCCO1)C(c1ccccc1Cl)C(C(=O)OC)=C(N)O2. The first-order valence-corrected chi connectivity index (χ1v) is 11.2. The van der Waals surface area contributed by atoms with Crippen molar-refractivity contribution in [3.63, 3.8) is 0 Å². The molecule has 170 valence electrons. The number of halogens is 1. The molecule has 2 N–H and O–H groups in total. The largest absolute Gasteiger partial charge is 0.465 e. The third kappa shape index (κ3) is 4.02. The number of nitrogens with two attached hydrogens (primary N) is 1. The summed E-state index contributed by atoms with van der Waals surface area (Å²) in [7, 11) is 1.27. The van der Waals surface area contributed by atoms with Gasteiger partial charge in [-0.1, -0.05) is 43.1 Å². The number of nitrogens with zero attached hydrogens (tertiary/aromatic N) is 1. The molecule has 2 aromatic rings. The number of ether oxygens (including phenoxy) is 3. The summed E-state index contributed by atoms with van der Waals surface area (Å²) >= 11 is 6.51. The summed E-state index contributed by atoms with van der Waals surface area (Å²) in [5.41, 5.74) is 7.77. The summed E-state index contributed by atoms with van der Waals surface area (Å²) in [6.45, 7) is 3.20. The van der Waals surface area contributed by atoms with Crippen LogP contribution in [0.25, 0.3) is 0 Å². The van der Waals surface area contributed by atoms with E-state index in [1.165, 1.54) is 7.11 Å². The molecule has 3 heterocycles. The number of benzene rings is 1. The summed E-state index contributed by atoms with van der Waals surface area (Å²) in [5, 5.41) is 0.419. The summed E-state index contributed by atoms with van der Waals surface area (Å²) in [5.74, 6) is -1.22. The van der Waals surface area contributed by atoms with Crippen LogP contribution in [0.3, 0.4) is 0 Å². The molecule has 2 atom stereocenters. The molecule has 0 aliphatic carbocycles. The predicted octanol–water partition coefficient (Wildman–Crippen LogP) is 3.50. The molecule has 4 rings (SSSR count). The highest BCUT2D eigenvalue weighted by Crippen LogP contribution is 2.43. The van der Waals surface area contributed by atoms with Gasteiger partial charge in [0.2, 0.25) is 5.88 Å². The summed E-state index contributed by atoms with van der Waals surface area (Å²) < 4.78 is 18.3. The van der Waals surface area contributed by atoms with Crippen molar-refractivity contribution in [3.8, 4) is 5.75 Å². The van der Waals surface area contributed by atoms with Crippen LogP contribution in [0.1, 0.15) is 48.9 Å². The van der Waals surface area contributed by atoms with E-state index in [0.717, 1.165) is 25.0 Å². The van der Waals surface area contributed by atoms with E-state index in [9.17, 15) is 9.59 Å². The Morgan fingerprint density at radius 3 is 2.78 bits per heavy atom. The first-order chi connectivity index (χ1) is 15.5. The lowest BCUT2D eigenvalue weighted by Crippen LogP contribution is -2.37. The maximum Gasteiger partial charge on any atom is 0.340 e. The number of fused-ring (bicyclic) bond motifs is 1. The van der Waals surface area contributed by atoms with Gasteiger partial charge in [0.1, 0.15) is 11.3 Å². The molecule has 0 amide bonds. The average Bonchev–Trinajstić information content (AvgIpc) is 3.29. The van der Waals surface area contributed by atoms with Crippen molar-refractivity contribution in [2.75, 3.05) is 13.7 Å². The van der Waals surface area contributed by atoms with Crippen molar-refractivity contribution in [1.29, 1.82) is 0 Å². The Morgan fingerprint density at radius 2 is 2.12 bits per heavy atom. The van der Waals surface area contributed by atoms with Crippen LogP contribution in [-0.4, -0.2) is 30.4 Å². The quantitative estimate of drug-likeness (QED) is 0.666.